The minimum atomic E-state index is -0.0543. The summed E-state index contributed by atoms with van der Waals surface area (Å²) in [5.41, 5.74) is 0.492. The SMILES string of the molecule is CC1(C)CC2C[C@]3(C)C=C[C@]2(C1)C(=O)C3. The van der Waals surface area contributed by atoms with E-state index in [-0.39, 0.29) is 10.8 Å². The average Bonchev–Trinajstić information content (AvgIpc) is 2.33. The molecule has 0 aromatic carbocycles. The van der Waals surface area contributed by atoms with Gasteiger partial charge in [-0.3, -0.25) is 4.79 Å². The van der Waals surface area contributed by atoms with Gasteiger partial charge in [-0.1, -0.05) is 32.9 Å². The van der Waals surface area contributed by atoms with Gasteiger partial charge in [0.25, 0.3) is 0 Å². The fourth-order valence-electron chi connectivity index (χ4n) is 4.37. The molecule has 2 saturated carbocycles. The standard InChI is InChI=1S/C14H20O/c1-12(2)6-10-7-13(3)4-5-14(10,9-12)11(15)8-13/h4-5,10H,6-9H2,1-3H3/t10?,13-,14+/m0/s1. The van der Waals surface area contributed by atoms with E-state index in [0.717, 1.165) is 12.8 Å². The number of Topliss-reactive ketones (excluding diaryl/α,β-unsaturated/α-hetero) is 1. The molecule has 4 rings (SSSR count). The Hall–Kier alpha value is -0.590. The van der Waals surface area contributed by atoms with Crippen LogP contribution in [0.3, 0.4) is 0 Å². The summed E-state index contributed by atoms with van der Waals surface area (Å²) in [5.74, 6) is 1.15. The zero-order valence-corrected chi connectivity index (χ0v) is 9.97. The van der Waals surface area contributed by atoms with E-state index in [4.69, 9.17) is 0 Å². The van der Waals surface area contributed by atoms with Gasteiger partial charge in [0, 0.05) is 6.42 Å². The molecular weight excluding hydrogens is 184 g/mol. The Kier molecular flexibility index (Phi) is 1.53. The van der Waals surface area contributed by atoms with E-state index in [2.05, 4.69) is 32.9 Å². The van der Waals surface area contributed by atoms with Crippen LogP contribution in [-0.4, -0.2) is 5.78 Å². The van der Waals surface area contributed by atoms with Gasteiger partial charge < -0.3 is 0 Å². The number of ketones is 1. The zero-order valence-electron chi connectivity index (χ0n) is 9.97. The number of allylic oxidation sites excluding steroid dienone is 2. The van der Waals surface area contributed by atoms with Crippen LogP contribution in [0.1, 0.15) is 46.5 Å². The van der Waals surface area contributed by atoms with Crippen LogP contribution in [0.15, 0.2) is 12.2 Å². The molecule has 0 N–H and O–H groups in total. The number of rotatable bonds is 0. The third-order valence-corrected chi connectivity index (χ3v) is 4.88. The van der Waals surface area contributed by atoms with Gasteiger partial charge in [-0.25, -0.2) is 0 Å². The van der Waals surface area contributed by atoms with Gasteiger partial charge >= 0.3 is 0 Å². The molecule has 1 unspecified atom stereocenters. The first kappa shape index (κ1) is 9.62. The summed E-state index contributed by atoms with van der Waals surface area (Å²) in [6.45, 7) is 6.88. The predicted octanol–water partition coefficient (Wildman–Crippen LogP) is 3.35. The van der Waals surface area contributed by atoms with Crippen LogP contribution >= 0.6 is 0 Å². The number of fused-ring (bicyclic) bond motifs is 1. The molecule has 0 aromatic rings. The Bertz CT molecular complexity index is 366. The maximum Gasteiger partial charge on any atom is 0.143 e. The van der Waals surface area contributed by atoms with Crippen LogP contribution in [0.5, 0.6) is 0 Å². The minimum Gasteiger partial charge on any atom is -0.299 e. The van der Waals surface area contributed by atoms with Crippen LogP contribution in [-0.2, 0) is 4.79 Å². The highest BCUT2D eigenvalue weighted by atomic mass is 16.1. The molecule has 0 heterocycles. The molecule has 4 aliphatic carbocycles. The summed E-state index contributed by atoms with van der Waals surface area (Å²) in [4.78, 5) is 12.3. The van der Waals surface area contributed by atoms with Crippen molar-refractivity contribution in [2.24, 2.45) is 22.2 Å². The van der Waals surface area contributed by atoms with Gasteiger partial charge in [0.05, 0.1) is 5.41 Å². The summed E-state index contributed by atoms with van der Waals surface area (Å²) in [7, 11) is 0. The van der Waals surface area contributed by atoms with Crippen LogP contribution in [0.4, 0.5) is 0 Å². The third-order valence-electron chi connectivity index (χ3n) is 4.88. The van der Waals surface area contributed by atoms with Crippen molar-refractivity contribution < 1.29 is 4.79 Å². The lowest BCUT2D eigenvalue weighted by molar-refractivity contribution is -0.135. The predicted molar refractivity (Wildman–Crippen MR) is 60.4 cm³/mol. The van der Waals surface area contributed by atoms with Crippen molar-refractivity contribution >= 4 is 5.78 Å². The largest absolute Gasteiger partial charge is 0.299 e. The molecule has 2 bridgehead atoms. The normalized spacial score (nSPS) is 50.9. The molecule has 0 amide bonds. The Morgan fingerprint density at radius 1 is 1.20 bits per heavy atom. The highest BCUT2D eigenvalue weighted by Gasteiger charge is 2.60. The Labute approximate surface area is 91.9 Å². The lowest BCUT2D eigenvalue weighted by Crippen LogP contribution is -2.47. The summed E-state index contributed by atoms with van der Waals surface area (Å²) < 4.78 is 0. The van der Waals surface area contributed by atoms with Gasteiger partial charge in [-0.15, -0.1) is 0 Å². The molecule has 2 fully saturated rings. The minimum absolute atomic E-state index is 0.0543. The maximum atomic E-state index is 12.3. The van der Waals surface area contributed by atoms with Crippen molar-refractivity contribution in [1.82, 2.24) is 0 Å². The van der Waals surface area contributed by atoms with Gasteiger partial charge in [0.15, 0.2) is 0 Å². The number of hydrogen-bond donors (Lipinski definition) is 0. The van der Waals surface area contributed by atoms with Crippen molar-refractivity contribution in [2.45, 2.75) is 46.5 Å². The number of carbonyl (C=O) groups excluding carboxylic acids is 1. The summed E-state index contributed by atoms with van der Waals surface area (Å²) in [6, 6.07) is 0. The molecular formula is C14H20O. The van der Waals surface area contributed by atoms with Gasteiger partial charge in [0.1, 0.15) is 5.78 Å². The second kappa shape index (κ2) is 2.39. The Morgan fingerprint density at radius 3 is 2.60 bits per heavy atom. The molecule has 0 radical (unpaired) electrons. The highest BCUT2D eigenvalue weighted by molar-refractivity contribution is 5.90. The molecule has 1 heteroatoms. The molecule has 0 aliphatic heterocycles. The second-order valence-electron chi connectivity index (χ2n) is 7.07. The molecule has 82 valence electrons. The van der Waals surface area contributed by atoms with Crippen LogP contribution < -0.4 is 0 Å². The number of hydrogen-bond acceptors (Lipinski definition) is 1. The lowest BCUT2D eigenvalue weighted by Gasteiger charge is -2.48. The van der Waals surface area contributed by atoms with Crippen LogP contribution in [0, 0.1) is 22.2 Å². The number of carbonyl (C=O) groups is 1. The first-order valence-electron chi connectivity index (χ1n) is 6.09. The molecule has 1 nitrogen and oxygen atoms in total. The quantitative estimate of drug-likeness (QED) is 0.553. The first-order chi connectivity index (χ1) is 6.85. The average molecular weight is 204 g/mol. The molecule has 4 aliphatic rings. The van der Waals surface area contributed by atoms with E-state index < -0.39 is 0 Å². The second-order valence-corrected chi connectivity index (χ2v) is 7.07. The van der Waals surface area contributed by atoms with E-state index in [9.17, 15) is 4.79 Å². The van der Waals surface area contributed by atoms with Gasteiger partial charge in [-0.05, 0) is 36.0 Å². The summed E-state index contributed by atoms with van der Waals surface area (Å²) >= 11 is 0. The van der Waals surface area contributed by atoms with Crippen molar-refractivity contribution in [1.29, 1.82) is 0 Å². The maximum absolute atomic E-state index is 12.3. The zero-order chi connectivity index (χ0) is 10.9. The summed E-state index contributed by atoms with van der Waals surface area (Å²) in [5, 5.41) is 0. The van der Waals surface area contributed by atoms with Crippen molar-refractivity contribution in [3.63, 3.8) is 0 Å². The van der Waals surface area contributed by atoms with E-state index in [1.54, 1.807) is 0 Å². The van der Waals surface area contributed by atoms with Gasteiger partial charge in [0.2, 0.25) is 0 Å². The fourth-order valence-corrected chi connectivity index (χ4v) is 4.37. The molecule has 1 spiro atoms. The van der Waals surface area contributed by atoms with E-state index >= 15 is 0 Å². The van der Waals surface area contributed by atoms with Gasteiger partial charge in [-0.2, -0.15) is 0 Å². The van der Waals surface area contributed by atoms with E-state index in [0.29, 0.717) is 17.1 Å². The molecule has 0 saturated heterocycles. The van der Waals surface area contributed by atoms with E-state index in [1.807, 2.05) is 0 Å². The first-order valence-corrected chi connectivity index (χ1v) is 6.09. The highest BCUT2D eigenvalue weighted by Crippen LogP contribution is 2.64. The Morgan fingerprint density at radius 2 is 1.93 bits per heavy atom. The van der Waals surface area contributed by atoms with Crippen molar-refractivity contribution in [3.05, 3.63) is 12.2 Å². The van der Waals surface area contributed by atoms with Crippen molar-refractivity contribution in [2.75, 3.05) is 0 Å². The summed E-state index contributed by atoms with van der Waals surface area (Å²) in [6.07, 6.45) is 8.93. The van der Waals surface area contributed by atoms with Crippen LogP contribution in [0.2, 0.25) is 0 Å². The third kappa shape index (κ3) is 1.12. The molecule has 0 aromatic heterocycles. The van der Waals surface area contributed by atoms with Crippen LogP contribution in [0.25, 0.3) is 0 Å². The molecule has 15 heavy (non-hydrogen) atoms. The van der Waals surface area contributed by atoms with Crippen molar-refractivity contribution in [3.8, 4) is 0 Å². The smallest absolute Gasteiger partial charge is 0.143 e. The van der Waals surface area contributed by atoms with E-state index in [1.165, 1.54) is 12.8 Å². The fraction of sp³-hybridized carbons (Fsp3) is 0.786. The topological polar surface area (TPSA) is 17.1 Å². The molecule has 3 atom stereocenters. The lowest BCUT2D eigenvalue weighted by atomic mass is 9.54. The monoisotopic (exact) mass is 204 g/mol. The Balaban J connectivity index is 2.10.